The van der Waals surface area contributed by atoms with E-state index in [1.807, 2.05) is 54.6 Å². The standard InChI is InChI=1S/C34H42N2O7/c1-40-32-10-5-3-8-27(32)23-41-19-6-20-42-29-13-11-25(12-14-29)30-16-18-36(34(38)39)22-33(30)43-24-26-7-2-4-9-31(26)35-17-15-28(37)21-35/h2-5,7-14,28,30,33,37H,6,15-24H2,1H3,(H,38,39)/t28-,30?,33?/m0/s1. The summed E-state index contributed by atoms with van der Waals surface area (Å²) in [6.07, 6.45) is 0.679. The fourth-order valence-corrected chi connectivity index (χ4v) is 5.91. The van der Waals surface area contributed by atoms with Crippen LogP contribution in [0, 0.1) is 0 Å². The predicted octanol–water partition coefficient (Wildman–Crippen LogP) is 5.30. The van der Waals surface area contributed by atoms with Crippen LogP contribution < -0.4 is 14.4 Å². The Bertz CT molecular complexity index is 1320. The number of benzene rings is 3. The van der Waals surface area contributed by atoms with Gasteiger partial charge >= 0.3 is 6.09 Å². The SMILES string of the molecule is COc1ccccc1COCCCOc1ccc(C2CCN(C(=O)O)CC2OCc2ccccc2N2CC[C@H](O)C2)cc1. The predicted molar refractivity (Wildman–Crippen MR) is 164 cm³/mol. The Morgan fingerprint density at radius 1 is 0.884 bits per heavy atom. The lowest BCUT2D eigenvalue weighted by atomic mass is 9.87. The van der Waals surface area contributed by atoms with Crippen molar-refractivity contribution in [1.82, 2.24) is 4.90 Å². The molecule has 0 aliphatic carbocycles. The summed E-state index contributed by atoms with van der Waals surface area (Å²) in [6, 6.07) is 24.0. The first-order chi connectivity index (χ1) is 21.0. The first-order valence-corrected chi connectivity index (χ1v) is 15.0. The van der Waals surface area contributed by atoms with Crippen LogP contribution in [0.2, 0.25) is 0 Å². The van der Waals surface area contributed by atoms with Crippen molar-refractivity contribution in [3.8, 4) is 11.5 Å². The van der Waals surface area contributed by atoms with Gasteiger partial charge in [0.25, 0.3) is 0 Å². The van der Waals surface area contributed by atoms with Crippen molar-refractivity contribution in [3.63, 3.8) is 0 Å². The van der Waals surface area contributed by atoms with Gasteiger partial charge in [-0.15, -0.1) is 0 Å². The number of methoxy groups -OCH3 is 1. The average molecular weight is 591 g/mol. The van der Waals surface area contributed by atoms with Gasteiger partial charge in [-0.25, -0.2) is 4.79 Å². The minimum atomic E-state index is -0.922. The zero-order valence-electron chi connectivity index (χ0n) is 24.8. The number of hydrogen-bond acceptors (Lipinski definition) is 7. The highest BCUT2D eigenvalue weighted by Crippen LogP contribution is 2.33. The molecule has 2 unspecified atom stereocenters. The summed E-state index contributed by atoms with van der Waals surface area (Å²) in [7, 11) is 1.66. The van der Waals surface area contributed by atoms with Gasteiger partial charge in [0, 0.05) is 48.8 Å². The fourth-order valence-electron chi connectivity index (χ4n) is 5.91. The molecule has 0 bridgehead atoms. The third-order valence-corrected chi connectivity index (χ3v) is 8.24. The zero-order chi connectivity index (χ0) is 30.0. The first kappa shape index (κ1) is 30.7. The molecule has 0 aromatic heterocycles. The number of nitrogens with zero attached hydrogens (tertiary/aromatic N) is 2. The van der Waals surface area contributed by atoms with Gasteiger partial charge in [0.1, 0.15) is 11.5 Å². The summed E-state index contributed by atoms with van der Waals surface area (Å²) in [5.41, 5.74) is 4.23. The molecule has 43 heavy (non-hydrogen) atoms. The Morgan fingerprint density at radius 2 is 1.65 bits per heavy atom. The summed E-state index contributed by atoms with van der Waals surface area (Å²) >= 11 is 0. The van der Waals surface area contributed by atoms with Crippen LogP contribution in [0.5, 0.6) is 11.5 Å². The van der Waals surface area contributed by atoms with E-state index in [1.54, 1.807) is 7.11 Å². The second-order valence-electron chi connectivity index (χ2n) is 11.1. The number of anilines is 1. The molecule has 230 valence electrons. The topological polar surface area (TPSA) is 101 Å². The van der Waals surface area contributed by atoms with E-state index in [-0.39, 0.29) is 18.1 Å². The Labute approximate surface area is 253 Å². The Morgan fingerprint density at radius 3 is 2.40 bits per heavy atom. The van der Waals surface area contributed by atoms with Crippen LogP contribution in [0.3, 0.4) is 0 Å². The highest BCUT2D eigenvalue weighted by atomic mass is 16.5. The quantitative estimate of drug-likeness (QED) is 0.259. The van der Waals surface area contributed by atoms with E-state index in [0.717, 1.165) is 53.3 Å². The number of rotatable bonds is 13. The number of para-hydroxylation sites is 2. The van der Waals surface area contributed by atoms with Gasteiger partial charge in [-0.2, -0.15) is 0 Å². The molecule has 2 aliphatic rings. The molecule has 3 aromatic carbocycles. The van der Waals surface area contributed by atoms with Crippen LogP contribution in [-0.2, 0) is 22.7 Å². The van der Waals surface area contributed by atoms with Gasteiger partial charge in [-0.1, -0.05) is 48.5 Å². The third kappa shape index (κ3) is 8.19. The van der Waals surface area contributed by atoms with Crippen LogP contribution in [0.4, 0.5) is 10.5 Å². The summed E-state index contributed by atoms with van der Waals surface area (Å²) in [5, 5.41) is 19.7. The van der Waals surface area contributed by atoms with E-state index in [4.69, 9.17) is 18.9 Å². The number of likely N-dealkylation sites (tertiary alicyclic amines) is 1. The number of aliphatic hydroxyl groups is 1. The van der Waals surface area contributed by atoms with Gasteiger partial charge in [0.15, 0.2) is 0 Å². The molecule has 0 saturated carbocycles. The molecule has 2 aliphatic heterocycles. The second-order valence-corrected chi connectivity index (χ2v) is 11.1. The number of aliphatic hydroxyl groups excluding tert-OH is 1. The molecule has 9 nitrogen and oxygen atoms in total. The van der Waals surface area contributed by atoms with Crippen molar-refractivity contribution in [2.24, 2.45) is 0 Å². The maximum Gasteiger partial charge on any atom is 0.407 e. The molecule has 3 atom stereocenters. The van der Waals surface area contributed by atoms with Crippen molar-refractivity contribution in [2.45, 2.75) is 50.6 Å². The molecule has 3 aromatic rings. The van der Waals surface area contributed by atoms with Crippen LogP contribution in [0.25, 0.3) is 0 Å². The number of ether oxygens (including phenoxy) is 4. The largest absolute Gasteiger partial charge is 0.496 e. The lowest BCUT2D eigenvalue weighted by molar-refractivity contribution is -0.0198. The van der Waals surface area contributed by atoms with Crippen LogP contribution >= 0.6 is 0 Å². The smallest absolute Gasteiger partial charge is 0.407 e. The summed E-state index contributed by atoms with van der Waals surface area (Å²) in [5.74, 6) is 1.68. The number of amides is 1. The van der Waals surface area contributed by atoms with Gasteiger partial charge in [-0.3, -0.25) is 0 Å². The van der Waals surface area contributed by atoms with E-state index >= 15 is 0 Å². The third-order valence-electron chi connectivity index (χ3n) is 8.24. The maximum absolute atomic E-state index is 11.8. The van der Waals surface area contributed by atoms with Crippen molar-refractivity contribution in [1.29, 1.82) is 0 Å². The summed E-state index contributed by atoms with van der Waals surface area (Å²) < 4.78 is 23.6. The Kier molecular flexibility index (Phi) is 10.8. The molecule has 1 amide bonds. The lowest BCUT2D eigenvalue weighted by Gasteiger charge is -2.37. The van der Waals surface area contributed by atoms with Crippen molar-refractivity contribution >= 4 is 11.8 Å². The van der Waals surface area contributed by atoms with Crippen molar-refractivity contribution in [2.75, 3.05) is 51.4 Å². The molecular weight excluding hydrogens is 548 g/mol. The molecule has 0 radical (unpaired) electrons. The normalized spacial score (nSPS) is 20.3. The monoisotopic (exact) mass is 590 g/mol. The van der Waals surface area contributed by atoms with E-state index in [1.165, 1.54) is 4.90 Å². The van der Waals surface area contributed by atoms with Crippen molar-refractivity contribution < 1.29 is 34.0 Å². The van der Waals surface area contributed by atoms with E-state index < -0.39 is 6.09 Å². The molecule has 5 rings (SSSR count). The molecular formula is C34H42N2O7. The first-order valence-electron chi connectivity index (χ1n) is 15.0. The van der Waals surface area contributed by atoms with E-state index in [9.17, 15) is 15.0 Å². The molecule has 2 heterocycles. The Hall–Kier alpha value is -3.79. The minimum absolute atomic E-state index is 0.0637. The average Bonchev–Trinajstić information content (AvgIpc) is 3.48. The number of carbonyl (C=O) groups is 1. The van der Waals surface area contributed by atoms with E-state index in [2.05, 4.69) is 23.1 Å². The van der Waals surface area contributed by atoms with Crippen LogP contribution in [0.15, 0.2) is 72.8 Å². The van der Waals surface area contributed by atoms with Gasteiger partial charge in [-0.05, 0) is 42.7 Å². The molecule has 0 spiro atoms. The van der Waals surface area contributed by atoms with Crippen LogP contribution in [-0.4, -0.2) is 79.9 Å². The highest BCUT2D eigenvalue weighted by molar-refractivity contribution is 5.65. The van der Waals surface area contributed by atoms with Crippen LogP contribution in [0.1, 0.15) is 41.9 Å². The maximum atomic E-state index is 11.8. The highest BCUT2D eigenvalue weighted by Gasteiger charge is 2.33. The van der Waals surface area contributed by atoms with Gasteiger partial charge in [0.2, 0.25) is 0 Å². The Balaban J connectivity index is 1.14. The second kappa shape index (κ2) is 15.1. The number of carboxylic acid groups (broad SMARTS) is 1. The number of β-amino-alcohol motifs (C(OH)–C–C–N with tert-alkyl or cyclic N) is 1. The van der Waals surface area contributed by atoms with Gasteiger partial charge < -0.3 is 39.0 Å². The molecule has 2 fully saturated rings. The molecule has 2 saturated heterocycles. The molecule has 9 heteroatoms. The molecule has 2 N–H and O–H groups in total. The zero-order valence-corrected chi connectivity index (χ0v) is 24.8. The summed E-state index contributed by atoms with van der Waals surface area (Å²) in [6.45, 7) is 4.20. The lowest BCUT2D eigenvalue weighted by Crippen LogP contribution is -2.46. The minimum Gasteiger partial charge on any atom is -0.496 e. The number of hydrogen-bond donors (Lipinski definition) is 2. The number of piperidine rings is 1. The van der Waals surface area contributed by atoms with E-state index in [0.29, 0.717) is 52.5 Å². The summed E-state index contributed by atoms with van der Waals surface area (Å²) in [4.78, 5) is 15.4. The van der Waals surface area contributed by atoms with Crippen molar-refractivity contribution in [3.05, 3.63) is 89.5 Å². The van der Waals surface area contributed by atoms with Gasteiger partial charge in [0.05, 0.1) is 52.3 Å². The fraction of sp³-hybridized carbons (Fsp3) is 0.441.